The molecule has 0 fully saturated rings. The van der Waals surface area contributed by atoms with Crippen molar-refractivity contribution in [2.75, 3.05) is 52.7 Å². The normalized spacial score (nSPS) is 14.0. The topological polar surface area (TPSA) is 78.9 Å². The van der Waals surface area contributed by atoms with E-state index in [-0.39, 0.29) is 19.2 Å². The summed E-state index contributed by atoms with van der Waals surface area (Å²) in [6.07, 6.45) is 57.6. The van der Waals surface area contributed by atoms with Gasteiger partial charge in [-0.15, -0.1) is 0 Å². The number of rotatable bonds is 66. The van der Waals surface area contributed by atoms with Crippen LogP contribution in [0.2, 0.25) is 26.2 Å². The molecule has 0 aliphatic carbocycles. The second-order valence-electron chi connectivity index (χ2n) is 25.3. The Hall–Kier alpha value is 0.114. The molecule has 0 radical (unpaired) electrons. The van der Waals surface area contributed by atoms with Crippen LogP contribution in [0.4, 0.5) is 0 Å². The first-order valence-electron chi connectivity index (χ1n) is 35.2. The summed E-state index contributed by atoms with van der Waals surface area (Å²) in [6.45, 7) is 29.7. The fourth-order valence-corrected chi connectivity index (χ4v) is 14.1. The van der Waals surface area contributed by atoms with Gasteiger partial charge in [0.05, 0.1) is 0 Å². The first kappa shape index (κ1) is 78.1. The van der Waals surface area contributed by atoms with E-state index in [1.165, 1.54) is 244 Å². The fourth-order valence-electron chi connectivity index (χ4n) is 11.1. The maximum absolute atomic E-state index is 9.67. The van der Waals surface area contributed by atoms with Crippen molar-refractivity contribution in [1.29, 1.82) is 0 Å². The standard InChI is InChI=1S/C68H143NO7Si2/c1-11-17-23-29-33-41-53-65(51-39-27-21-15-5)63-73-77(7,8)75-67(71-61-49-35-31-25-19-13-3)55-43-37-45-57-69(59-47-48-60-70)58-46-38-44-56-68(72-62-50-36-32-26-20-14-4)76-78(9,10)74-64-66(52-40-28-22-16-6)54-42-34-30-24-18-12-2/h65-68,70H,11-64H2,1-10H3. The van der Waals surface area contributed by atoms with E-state index in [0.29, 0.717) is 11.8 Å². The lowest BCUT2D eigenvalue weighted by Crippen LogP contribution is -2.41. The van der Waals surface area contributed by atoms with Crippen molar-refractivity contribution < 1.29 is 32.3 Å². The van der Waals surface area contributed by atoms with E-state index in [4.69, 9.17) is 27.2 Å². The van der Waals surface area contributed by atoms with Gasteiger partial charge in [-0.2, -0.15) is 0 Å². The Kier molecular flexibility index (Phi) is 59.0. The Morgan fingerprint density at radius 1 is 0.308 bits per heavy atom. The number of unbranched alkanes of at least 4 members (excludes halogenated alkanes) is 31. The molecule has 0 saturated carbocycles. The molecule has 0 saturated heterocycles. The second kappa shape index (κ2) is 58.9. The zero-order valence-electron chi connectivity index (χ0n) is 54.8. The van der Waals surface area contributed by atoms with Crippen LogP contribution in [0.5, 0.6) is 0 Å². The minimum Gasteiger partial charge on any atom is -0.396 e. The Morgan fingerprint density at radius 2 is 0.564 bits per heavy atom. The highest BCUT2D eigenvalue weighted by Crippen LogP contribution is 2.26. The molecule has 0 aliphatic rings. The summed E-state index contributed by atoms with van der Waals surface area (Å²) in [7, 11) is -4.79. The summed E-state index contributed by atoms with van der Waals surface area (Å²) >= 11 is 0. The number of hydrogen-bond donors (Lipinski definition) is 1. The predicted octanol–water partition coefficient (Wildman–Crippen LogP) is 21.7. The highest BCUT2D eigenvalue weighted by molar-refractivity contribution is 6.64. The van der Waals surface area contributed by atoms with Crippen LogP contribution in [0.3, 0.4) is 0 Å². The molecule has 0 aromatic carbocycles. The maximum Gasteiger partial charge on any atom is 0.333 e. The predicted molar refractivity (Wildman–Crippen MR) is 345 cm³/mol. The van der Waals surface area contributed by atoms with Crippen LogP contribution in [0.15, 0.2) is 0 Å². The largest absolute Gasteiger partial charge is 0.396 e. The van der Waals surface area contributed by atoms with E-state index in [2.05, 4.69) is 72.6 Å². The zero-order valence-corrected chi connectivity index (χ0v) is 56.8. The van der Waals surface area contributed by atoms with E-state index < -0.39 is 17.1 Å². The summed E-state index contributed by atoms with van der Waals surface area (Å²) in [6, 6.07) is 0. The Labute approximate surface area is 492 Å². The van der Waals surface area contributed by atoms with Crippen LogP contribution in [-0.4, -0.2) is 92.4 Å². The third kappa shape index (κ3) is 54.1. The molecule has 470 valence electrons. The summed E-state index contributed by atoms with van der Waals surface area (Å²) < 4.78 is 40.7. The van der Waals surface area contributed by atoms with E-state index in [1.807, 2.05) is 0 Å². The molecule has 8 nitrogen and oxygen atoms in total. The quantitative estimate of drug-likeness (QED) is 0.0367. The zero-order chi connectivity index (χ0) is 57.3. The van der Waals surface area contributed by atoms with Crippen LogP contribution in [-0.2, 0) is 27.2 Å². The van der Waals surface area contributed by atoms with Gasteiger partial charge in [-0.3, -0.25) is 0 Å². The Balaban J connectivity index is 5.50. The van der Waals surface area contributed by atoms with Crippen molar-refractivity contribution in [2.24, 2.45) is 11.8 Å². The first-order chi connectivity index (χ1) is 38.0. The van der Waals surface area contributed by atoms with Crippen molar-refractivity contribution in [2.45, 2.75) is 376 Å². The van der Waals surface area contributed by atoms with Crippen LogP contribution < -0.4 is 0 Å². The Morgan fingerprint density at radius 3 is 0.885 bits per heavy atom. The van der Waals surface area contributed by atoms with E-state index in [1.54, 1.807) is 0 Å². The highest BCUT2D eigenvalue weighted by Gasteiger charge is 2.32. The van der Waals surface area contributed by atoms with Gasteiger partial charge in [-0.25, -0.2) is 0 Å². The molecule has 0 amide bonds. The Bertz CT molecular complexity index is 1090. The van der Waals surface area contributed by atoms with Gasteiger partial charge in [-0.1, -0.05) is 247 Å². The highest BCUT2D eigenvalue weighted by atomic mass is 28.4. The SMILES string of the molecule is CCCCCCCCOC(CCCCCN(CCCCO)CCCCCC(OCCCCCCCC)O[Si](C)(C)OCC(CCCCCC)CCCCCCCC)O[Si](C)(C)OCC(CCCCCC)CCCCCCCC. The van der Waals surface area contributed by atoms with Crippen molar-refractivity contribution in [3.63, 3.8) is 0 Å². The van der Waals surface area contributed by atoms with Gasteiger partial charge in [0.2, 0.25) is 0 Å². The van der Waals surface area contributed by atoms with Crippen LogP contribution in [0.1, 0.15) is 337 Å². The molecule has 0 aromatic rings. The molecule has 4 atom stereocenters. The summed E-state index contributed by atoms with van der Waals surface area (Å²) in [5, 5.41) is 9.67. The molecule has 78 heavy (non-hydrogen) atoms. The molecular formula is C68H143NO7Si2. The molecule has 0 aliphatic heterocycles. The van der Waals surface area contributed by atoms with E-state index >= 15 is 0 Å². The molecule has 0 aromatic heterocycles. The van der Waals surface area contributed by atoms with Crippen molar-refractivity contribution in [3.05, 3.63) is 0 Å². The molecule has 0 heterocycles. The van der Waals surface area contributed by atoms with E-state index in [0.717, 1.165) is 97.4 Å². The lowest BCUT2D eigenvalue weighted by Gasteiger charge is -2.31. The van der Waals surface area contributed by atoms with Gasteiger partial charge in [0.1, 0.15) is 12.6 Å². The van der Waals surface area contributed by atoms with Crippen molar-refractivity contribution >= 4 is 17.1 Å². The molecule has 10 heteroatoms. The van der Waals surface area contributed by atoms with Crippen LogP contribution >= 0.6 is 0 Å². The summed E-state index contributed by atoms with van der Waals surface area (Å²) in [5.41, 5.74) is 0. The third-order valence-corrected chi connectivity index (χ3v) is 19.7. The van der Waals surface area contributed by atoms with Crippen molar-refractivity contribution in [1.82, 2.24) is 4.90 Å². The van der Waals surface area contributed by atoms with Gasteiger partial charge < -0.3 is 37.2 Å². The summed E-state index contributed by atoms with van der Waals surface area (Å²) in [4.78, 5) is 2.67. The minimum atomic E-state index is -2.39. The lowest BCUT2D eigenvalue weighted by atomic mass is 9.95. The second-order valence-corrected chi connectivity index (χ2v) is 32.0. The monoisotopic (exact) mass is 1140 g/mol. The van der Waals surface area contributed by atoms with Gasteiger partial charge >= 0.3 is 17.1 Å². The molecular weight excluding hydrogens is 999 g/mol. The van der Waals surface area contributed by atoms with Gasteiger partial charge in [0.25, 0.3) is 0 Å². The van der Waals surface area contributed by atoms with E-state index in [9.17, 15) is 5.11 Å². The van der Waals surface area contributed by atoms with Crippen LogP contribution in [0, 0.1) is 11.8 Å². The lowest BCUT2D eigenvalue weighted by molar-refractivity contribution is -0.105. The number of aliphatic hydroxyl groups excluding tert-OH is 1. The average molecular weight is 1140 g/mol. The summed E-state index contributed by atoms with van der Waals surface area (Å²) in [5.74, 6) is 1.27. The smallest absolute Gasteiger partial charge is 0.333 e. The number of nitrogens with zero attached hydrogens (tertiary/aromatic N) is 1. The van der Waals surface area contributed by atoms with Gasteiger partial charge in [0.15, 0.2) is 0 Å². The molecule has 4 unspecified atom stereocenters. The van der Waals surface area contributed by atoms with Crippen LogP contribution in [0.25, 0.3) is 0 Å². The molecule has 0 bridgehead atoms. The van der Waals surface area contributed by atoms with Gasteiger partial charge in [0, 0.05) is 33.0 Å². The molecule has 0 rings (SSSR count). The number of hydrogen-bond acceptors (Lipinski definition) is 8. The average Bonchev–Trinajstić information content (AvgIpc) is 3.42. The molecule has 0 spiro atoms. The first-order valence-corrected chi connectivity index (χ1v) is 40.8. The van der Waals surface area contributed by atoms with Crippen molar-refractivity contribution in [3.8, 4) is 0 Å². The maximum atomic E-state index is 9.67. The number of ether oxygens (including phenoxy) is 2. The van der Waals surface area contributed by atoms with Gasteiger partial charge in [-0.05, 0) is 148 Å². The number of aliphatic hydroxyl groups is 1. The minimum absolute atomic E-state index is 0.181. The fraction of sp³-hybridized carbons (Fsp3) is 1.00. The third-order valence-electron chi connectivity index (χ3n) is 16.3. The molecule has 1 N–H and O–H groups in total.